The molecule has 54 heavy (non-hydrogen) atoms. The summed E-state index contributed by atoms with van der Waals surface area (Å²) in [7, 11) is -4.63. The number of benzene rings is 8. The summed E-state index contributed by atoms with van der Waals surface area (Å²) in [6, 6.07) is 82.6. The second kappa shape index (κ2) is 16.5. The monoisotopic (exact) mass is 732 g/mol. The predicted octanol–water partition coefficient (Wildman–Crippen LogP) is 11.1. The average molecular weight is 733 g/mol. The third-order valence-electron chi connectivity index (χ3n) is 9.89. The van der Waals surface area contributed by atoms with Gasteiger partial charge in [0.15, 0.2) is 0 Å². The Hall–Kier alpha value is -5.78. The highest BCUT2D eigenvalue weighted by Gasteiger charge is 2.28. The van der Waals surface area contributed by atoms with Gasteiger partial charge < -0.3 is 0 Å². The number of nitrogens with zero attached hydrogens (tertiary/aromatic N) is 2. The largest absolute Gasteiger partial charge is 0.254 e. The number of hydrogen-bond donors (Lipinski definition) is 0. The van der Waals surface area contributed by atoms with Gasteiger partial charge in [0, 0.05) is 31.8 Å². The molecule has 4 heteroatoms. The molecule has 0 aliphatic heterocycles. The van der Waals surface area contributed by atoms with Crippen molar-refractivity contribution in [3.8, 4) is 0 Å². The lowest BCUT2D eigenvalue weighted by Crippen LogP contribution is -2.25. The van der Waals surface area contributed by atoms with Gasteiger partial charge in [-0.15, -0.1) is 0 Å². The number of rotatable bonds is 11. The fraction of sp³-hybridized carbons (Fsp3) is 0.0400. The molecule has 0 fully saturated rings. The van der Waals surface area contributed by atoms with Gasteiger partial charge in [-0.1, -0.05) is 206 Å². The van der Waals surface area contributed by atoms with Gasteiger partial charge in [-0.2, -0.15) is 0 Å². The van der Waals surface area contributed by atoms with Crippen LogP contribution in [0.25, 0.3) is 0 Å². The van der Waals surface area contributed by atoms with Crippen molar-refractivity contribution in [1.29, 1.82) is 0 Å². The van der Waals surface area contributed by atoms with E-state index >= 15 is 0 Å². The van der Waals surface area contributed by atoms with Crippen LogP contribution in [0, 0.1) is 0 Å². The minimum Gasteiger partial charge on any atom is -0.254 e. The molecular weight excluding hydrogens is 691 g/mol. The average Bonchev–Trinajstić information content (AvgIpc) is 3.27. The lowest BCUT2D eigenvalue weighted by atomic mass is 10.0. The summed E-state index contributed by atoms with van der Waals surface area (Å²) in [6.07, 6.45) is 1.89. The molecule has 0 bridgehead atoms. The lowest BCUT2D eigenvalue weighted by molar-refractivity contribution is 0.960. The van der Waals surface area contributed by atoms with Crippen LogP contribution in [-0.4, -0.2) is 0 Å². The van der Waals surface area contributed by atoms with Crippen LogP contribution in [0.2, 0.25) is 0 Å². The van der Waals surface area contributed by atoms with E-state index in [0.29, 0.717) is 0 Å². The summed E-state index contributed by atoms with van der Waals surface area (Å²) in [4.78, 5) is 0. The Kier molecular flexibility index (Phi) is 10.8. The van der Waals surface area contributed by atoms with E-state index < -0.39 is 14.1 Å². The summed E-state index contributed by atoms with van der Waals surface area (Å²) in [5.41, 5.74) is 4.59. The molecule has 0 unspecified atom stereocenters. The van der Waals surface area contributed by atoms with E-state index in [-0.39, 0.29) is 0 Å². The van der Waals surface area contributed by atoms with Crippen LogP contribution in [0.4, 0.5) is 11.4 Å². The third-order valence-corrected chi connectivity index (χ3v) is 17.2. The van der Waals surface area contributed by atoms with E-state index in [2.05, 4.69) is 231 Å². The Balaban J connectivity index is 1.09. The van der Waals surface area contributed by atoms with E-state index in [1.165, 1.54) is 43.0 Å². The molecule has 8 aromatic carbocycles. The molecule has 0 aliphatic rings. The van der Waals surface area contributed by atoms with Crippen molar-refractivity contribution in [2.24, 2.45) is 9.49 Å². The Morgan fingerprint density at radius 3 is 0.648 bits per heavy atom. The fourth-order valence-corrected chi connectivity index (χ4v) is 14.3. The van der Waals surface area contributed by atoms with Gasteiger partial charge in [-0.25, -0.2) is 0 Å². The zero-order valence-electron chi connectivity index (χ0n) is 30.1. The maximum absolute atomic E-state index is 5.67. The van der Waals surface area contributed by atoms with Gasteiger partial charge in [0.25, 0.3) is 0 Å². The quantitative estimate of drug-likeness (QED) is 0.118. The fourth-order valence-electron chi connectivity index (χ4n) is 7.20. The minimum atomic E-state index is -2.31. The Morgan fingerprint density at radius 1 is 0.241 bits per heavy atom. The summed E-state index contributed by atoms with van der Waals surface area (Å²) in [5, 5.41) is 7.49. The molecule has 0 amide bonds. The van der Waals surface area contributed by atoms with E-state index in [1.54, 1.807) is 0 Å². The molecule has 0 atom stereocenters. The van der Waals surface area contributed by atoms with E-state index in [1.807, 2.05) is 0 Å². The highest BCUT2D eigenvalue weighted by Crippen LogP contribution is 2.50. The lowest BCUT2D eigenvalue weighted by Gasteiger charge is -2.27. The second-order valence-corrected chi connectivity index (χ2v) is 19.4. The van der Waals surface area contributed by atoms with Crippen molar-refractivity contribution in [2.45, 2.75) is 12.8 Å². The van der Waals surface area contributed by atoms with Crippen LogP contribution in [0.1, 0.15) is 11.1 Å². The molecule has 2 nitrogen and oxygen atoms in total. The van der Waals surface area contributed by atoms with Crippen LogP contribution >= 0.6 is 14.1 Å². The maximum Gasteiger partial charge on any atom is 0.0625 e. The Bertz CT molecular complexity index is 2110. The van der Waals surface area contributed by atoms with Gasteiger partial charge in [-0.3, -0.25) is 9.49 Å². The van der Waals surface area contributed by atoms with Gasteiger partial charge in [-0.05, 0) is 48.2 Å². The Morgan fingerprint density at radius 2 is 0.444 bits per heavy atom. The SMILES string of the molecule is c1ccc(P(=Nc2ccc(CCc3ccc(N=P(c4ccccc4)(c4ccccc4)c4ccccc4)cc3)cc2)(c2ccccc2)c2ccccc2)cc1. The normalized spacial score (nSPS) is 11.5. The first-order valence-electron chi connectivity index (χ1n) is 18.5. The van der Waals surface area contributed by atoms with Crippen molar-refractivity contribution >= 4 is 57.3 Å². The van der Waals surface area contributed by atoms with E-state index in [0.717, 1.165) is 24.2 Å². The van der Waals surface area contributed by atoms with Crippen molar-refractivity contribution in [1.82, 2.24) is 0 Å². The first kappa shape index (κ1) is 35.3. The summed E-state index contributed by atoms with van der Waals surface area (Å²) >= 11 is 0. The van der Waals surface area contributed by atoms with Gasteiger partial charge >= 0.3 is 0 Å². The van der Waals surface area contributed by atoms with Crippen molar-refractivity contribution in [3.05, 3.63) is 242 Å². The molecule has 262 valence electrons. The minimum absolute atomic E-state index is 0.947. The second-order valence-electron chi connectivity index (χ2n) is 13.3. The smallest absolute Gasteiger partial charge is 0.0625 e. The van der Waals surface area contributed by atoms with Crippen LogP contribution in [0.5, 0.6) is 0 Å². The first-order chi connectivity index (χ1) is 26.7. The molecule has 0 aliphatic carbocycles. The highest BCUT2D eigenvalue weighted by atomic mass is 31.2. The predicted molar refractivity (Wildman–Crippen MR) is 235 cm³/mol. The molecule has 0 saturated carbocycles. The van der Waals surface area contributed by atoms with E-state index in [4.69, 9.17) is 9.49 Å². The van der Waals surface area contributed by atoms with Crippen LogP contribution < -0.4 is 31.8 Å². The number of aryl methyl sites for hydroxylation is 2. The summed E-state index contributed by atoms with van der Waals surface area (Å²) in [6.45, 7) is 0. The van der Waals surface area contributed by atoms with Gasteiger partial charge in [0.05, 0.1) is 25.5 Å². The molecule has 0 saturated heterocycles. The van der Waals surface area contributed by atoms with Gasteiger partial charge in [0.2, 0.25) is 0 Å². The molecular formula is C50H42N2P2. The molecule has 8 aromatic rings. The summed E-state index contributed by atoms with van der Waals surface area (Å²) in [5.74, 6) is 0. The number of hydrogen-bond acceptors (Lipinski definition) is 2. The Labute approximate surface area is 320 Å². The molecule has 0 N–H and O–H groups in total. The first-order valence-corrected chi connectivity index (χ1v) is 22.0. The molecule has 0 heterocycles. The topological polar surface area (TPSA) is 24.7 Å². The van der Waals surface area contributed by atoms with Gasteiger partial charge in [0.1, 0.15) is 0 Å². The molecule has 0 radical (unpaired) electrons. The summed E-state index contributed by atoms with van der Waals surface area (Å²) < 4.78 is 11.3. The van der Waals surface area contributed by atoms with Crippen LogP contribution in [0.3, 0.4) is 0 Å². The zero-order valence-corrected chi connectivity index (χ0v) is 31.9. The highest BCUT2D eigenvalue weighted by molar-refractivity contribution is 7.88. The molecule has 8 rings (SSSR count). The van der Waals surface area contributed by atoms with Crippen molar-refractivity contribution in [2.75, 3.05) is 0 Å². The molecule has 0 spiro atoms. The third kappa shape index (κ3) is 7.37. The zero-order chi connectivity index (χ0) is 36.5. The van der Waals surface area contributed by atoms with Crippen LogP contribution in [0.15, 0.2) is 240 Å². The van der Waals surface area contributed by atoms with Crippen molar-refractivity contribution in [3.63, 3.8) is 0 Å². The standard InChI is InChI=1S/C50H42N2P2/c1-7-19-45(20-8-1)53(46-21-9-2-10-22-46,47-23-11-3-12-24-47)51-43-37-33-41(34-38-43)31-32-42-35-39-44(40-36-42)52-54(48-25-13-4-14-26-48,49-27-15-5-16-28-49)50-29-17-6-18-30-50/h1-30,33-40H,31-32H2. The van der Waals surface area contributed by atoms with Crippen molar-refractivity contribution < 1.29 is 0 Å². The molecule has 0 aromatic heterocycles. The maximum atomic E-state index is 5.67. The van der Waals surface area contributed by atoms with E-state index in [9.17, 15) is 0 Å². The van der Waals surface area contributed by atoms with Crippen LogP contribution in [-0.2, 0) is 12.8 Å².